The molecule has 3 nitrogen and oxygen atoms in total. The van der Waals surface area contributed by atoms with Crippen molar-refractivity contribution < 1.29 is 12.8 Å². The summed E-state index contributed by atoms with van der Waals surface area (Å²) in [4.78, 5) is 0.179. The van der Waals surface area contributed by atoms with E-state index in [2.05, 4.69) is 0 Å². The number of rotatable bonds is 2. The topological polar surface area (TPSA) is 37.4 Å². The van der Waals surface area contributed by atoms with Gasteiger partial charge in [0, 0.05) is 11.3 Å². The number of hydrogen-bond donors (Lipinski definition) is 0. The molecule has 1 heterocycles. The molecule has 0 amide bonds. The van der Waals surface area contributed by atoms with Crippen LogP contribution in [0, 0.1) is 6.92 Å². The minimum absolute atomic E-state index is 0.179. The maximum Gasteiger partial charge on any atom is 0.264 e. The summed E-state index contributed by atoms with van der Waals surface area (Å²) in [5.74, 6) is -0.496. The van der Waals surface area contributed by atoms with Crippen LogP contribution in [0.5, 0.6) is 0 Å². The Morgan fingerprint density at radius 3 is 2.20 bits per heavy atom. The lowest BCUT2D eigenvalue weighted by molar-refractivity contribution is 0.0779. The second kappa shape index (κ2) is 6.17. The van der Waals surface area contributed by atoms with E-state index >= 15 is 4.39 Å². The van der Waals surface area contributed by atoms with Gasteiger partial charge in [-0.05, 0) is 41.8 Å². The van der Waals surface area contributed by atoms with Crippen molar-refractivity contribution in [3.05, 3.63) is 95.1 Å². The van der Waals surface area contributed by atoms with Crippen molar-refractivity contribution >= 4 is 15.7 Å². The number of fused-ring (bicyclic) bond motifs is 5. The van der Waals surface area contributed by atoms with Gasteiger partial charge in [0.2, 0.25) is 0 Å². The van der Waals surface area contributed by atoms with E-state index < -0.39 is 27.0 Å². The van der Waals surface area contributed by atoms with Crippen molar-refractivity contribution in [1.82, 2.24) is 0 Å². The molecule has 0 fully saturated rings. The fourth-order valence-electron chi connectivity index (χ4n) is 5.16. The molecule has 3 aromatic carbocycles. The summed E-state index contributed by atoms with van der Waals surface area (Å²) in [6.07, 6.45) is 0. The molecule has 0 saturated heterocycles. The van der Waals surface area contributed by atoms with E-state index in [0.717, 1.165) is 22.3 Å². The summed E-state index contributed by atoms with van der Waals surface area (Å²) >= 11 is 0. The van der Waals surface area contributed by atoms with E-state index in [-0.39, 0.29) is 11.4 Å². The van der Waals surface area contributed by atoms with Gasteiger partial charge in [0.25, 0.3) is 10.0 Å². The number of benzene rings is 3. The molecule has 2 atom stereocenters. The molecule has 0 bridgehead atoms. The fourth-order valence-corrected chi connectivity index (χ4v) is 6.67. The van der Waals surface area contributed by atoms with Gasteiger partial charge >= 0.3 is 0 Å². The van der Waals surface area contributed by atoms with Crippen LogP contribution in [-0.2, 0) is 15.4 Å². The number of alkyl halides is 1. The first kappa shape index (κ1) is 19.3. The van der Waals surface area contributed by atoms with Gasteiger partial charge in [-0.2, -0.15) is 0 Å². The van der Waals surface area contributed by atoms with Gasteiger partial charge < -0.3 is 0 Å². The minimum Gasteiger partial charge on any atom is -0.263 e. The second-order valence-corrected chi connectivity index (χ2v) is 10.8. The third-order valence-electron chi connectivity index (χ3n) is 6.94. The Bertz CT molecular complexity index is 1250. The van der Waals surface area contributed by atoms with Crippen molar-refractivity contribution in [3.63, 3.8) is 0 Å². The summed E-state index contributed by atoms with van der Waals surface area (Å²) in [5.41, 5.74) is 1.56. The van der Waals surface area contributed by atoms with Gasteiger partial charge in [-0.1, -0.05) is 74.0 Å². The normalized spacial score (nSPS) is 24.1. The third kappa shape index (κ3) is 2.38. The highest BCUT2D eigenvalue weighted by Crippen LogP contribution is 2.61. The van der Waals surface area contributed by atoms with Crippen LogP contribution in [0.4, 0.5) is 10.1 Å². The Morgan fingerprint density at radius 1 is 0.900 bits per heavy atom. The van der Waals surface area contributed by atoms with Crippen LogP contribution in [0.25, 0.3) is 0 Å². The van der Waals surface area contributed by atoms with Crippen LogP contribution >= 0.6 is 0 Å². The largest absolute Gasteiger partial charge is 0.264 e. The van der Waals surface area contributed by atoms with E-state index in [1.165, 1.54) is 4.31 Å². The second-order valence-electron chi connectivity index (χ2n) is 8.89. The number of aryl methyl sites for hydroxylation is 1. The van der Waals surface area contributed by atoms with Crippen molar-refractivity contribution in [2.24, 2.45) is 0 Å². The molecule has 3 aromatic rings. The molecule has 0 N–H and O–H groups in total. The van der Waals surface area contributed by atoms with Crippen LogP contribution in [0.3, 0.4) is 0 Å². The van der Waals surface area contributed by atoms with Crippen LogP contribution in [0.2, 0.25) is 0 Å². The lowest BCUT2D eigenvalue weighted by Gasteiger charge is -2.46. The van der Waals surface area contributed by atoms with Crippen molar-refractivity contribution in [2.75, 3.05) is 10.8 Å². The van der Waals surface area contributed by atoms with Gasteiger partial charge in [-0.15, -0.1) is 0 Å². The van der Waals surface area contributed by atoms with Gasteiger partial charge in [0.05, 0.1) is 17.1 Å². The quantitative estimate of drug-likeness (QED) is 0.560. The highest BCUT2D eigenvalue weighted by atomic mass is 32.2. The number of sulfonamides is 1. The molecule has 5 heteroatoms. The lowest BCUT2D eigenvalue weighted by Crippen LogP contribution is -2.56. The molecule has 5 rings (SSSR count). The smallest absolute Gasteiger partial charge is 0.263 e. The molecule has 0 saturated carbocycles. The van der Waals surface area contributed by atoms with Crippen molar-refractivity contribution in [2.45, 2.75) is 42.7 Å². The molecule has 154 valence electrons. The summed E-state index contributed by atoms with van der Waals surface area (Å²) in [7, 11) is -3.91. The van der Waals surface area contributed by atoms with Crippen molar-refractivity contribution in [3.8, 4) is 0 Å². The first-order valence-electron chi connectivity index (χ1n) is 10.1. The van der Waals surface area contributed by atoms with E-state index in [1.54, 1.807) is 30.3 Å². The van der Waals surface area contributed by atoms with Gasteiger partial charge in [0.1, 0.15) is 5.67 Å². The van der Waals surface area contributed by atoms with Gasteiger partial charge in [-0.25, -0.2) is 12.8 Å². The molecule has 1 aliphatic carbocycles. The summed E-state index contributed by atoms with van der Waals surface area (Å²) in [6, 6.07) is 21.9. The summed E-state index contributed by atoms with van der Waals surface area (Å²) in [6.45, 7) is 5.46. The maximum atomic E-state index is 17.1. The Balaban J connectivity index is 1.75. The van der Waals surface area contributed by atoms with Crippen LogP contribution in [-0.4, -0.2) is 20.6 Å². The first-order valence-corrected chi connectivity index (χ1v) is 11.6. The molecule has 2 aliphatic rings. The Hall–Kier alpha value is -2.66. The van der Waals surface area contributed by atoms with Crippen LogP contribution in [0.1, 0.15) is 42.0 Å². The predicted octanol–water partition coefficient (Wildman–Crippen LogP) is 5.34. The van der Waals surface area contributed by atoms with Crippen molar-refractivity contribution in [1.29, 1.82) is 0 Å². The number of halogens is 1. The number of para-hydroxylation sites is 1. The maximum absolute atomic E-state index is 17.1. The molecular weight excluding hydrogens is 397 g/mol. The van der Waals surface area contributed by atoms with E-state index in [0.29, 0.717) is 5.69 Å². The zero-order valence-electron chi connectivity index (χ0n) is 17.3. The molecule has 0 radical (unpaired) electrons. The minimum atomic E-state index is -3.91. The zero-order chi connectivity index (χ0) is 21.3. The number of anilines is 1. The SMILES string of the molecule is Cc1ccc(S(=O)(=O)N2C[C@@]3(F)[C@@H](c4ccccc42)c2ccccc2C3(C)C)cc1. The lowest BCUT2D eigenvalue weighted by atomic mass is 9.69. The molecule has 0 spiro atoms. The average molecular weight is 422 g/mol. The predicted molar refractivity (Wildman–Crippen MR) is 117 cm³/mol. The molecule has 30 heavy (non-hydrogen) atoms. The van der Waals surface area contributed by atoms with E-state index in [4.69, 9.17) is 0 Å². The van der Waals surface area contributed by atoms with E-state index in [1.807, 2.05) is 63.2 Å². The Kier molecular flexibility index (Phi) is 3.97. The fraction of sp³-hybridized carbons (Fsp3) is 0.280. The standard InChI is InChI=1S/C25H24FNO2S/c1-17-12-14-18(15-13-17)30(28,29)27-16-25(26)23(20-9-5-7-11-22(20)27)19-8-4-6-10-21(19)24(25,2)3/h4-15,23H,16H2,1-3H3/t23-,25-/m1/s1. The highest BCUT2D eigenvalue weighted by Gasteiger charge is 2.63. The average Bonchev–Trinajstić information content (AvgIpc) is 2.91. The summed E-state index contributed by atoms with van der Waals surface area (Å²) in [5, 5.41) is 0. The van der Waals surface area contributed by atoms with Gasteiger partial charge in [0.15, 0.2) is 0 Å². The third-order valence-corrected chi connectivity index (χ3v) is 8.71. The Morgan fingerprint density at radius 2 is 1.50 bits per heavy atom. The first-order chi connectivity index (χ1) is 14.2. The highest BCUT2D eigenvalue weighted by molar-refractivity contribution is 7.92. The number of nitrogens with zero attached hydrogens (tertiary/aromatic N) is 1. The molecule has 0 aromatic heterocycles. The molecule has 1 aliphatic heterocycles. The Labute approximate surface area is 177 Å². The van der Waals surface area contributed by atoms with Crippen LogP contribution < -0.4 is 4.31 Å². The molecular formula is C25H24FNO2S. The zero-order valence-corrected chi connectivity index (χ0v) is 18.1. The number of hydrogen-bond acceptors (Lipinski definition) is 2. The monoisotopic (exact) mass is 421 g/mol. The van der Waals surface area contributed by atoms with E-state index in [9.17, 15) is 8.42 Å². The summed E-state index contributed by atoms with van der Waals surface area (Å²) < 4.78 is 45.6. The van der Waals surface area contributed by atoms with Crippen LogP contribution in [0.15, 0.2) is 77.7 Å². The molecule has 0 unspecified atom stereocenters. The van der Waals surface area contributed by atoms with Gasteiger partial charge in [-0.3, -0.25) is 4.31 Å².